The summed E-state index contributed by atoms with van der Waals surface area (Å²) in [6, 6.07) is 6.73. The quantitative estimate of drug-likeness (QED) is 0.897. The van der Waals surface area contributed by atoms with Gasteiger partial charge in [-0.05, 0) is 42.9 Å². The molecule has 4 nitrogen and oxygen atoms in total. The Morgan fingerprint density at radius 3 is 2.35 bits per heavy atom. The van der Waals surface area contributed by atoms with Gasteiger partial charge in [-0.25, -0.2) is 13.1 Å². The van der Waals surface area contributed by atoms with Crippen molar-refractivity contribution < 1.29 is 8.42 Å². The van der Waals surface area contributed by atoms with Crippen LogP contribution in [0.15, 0.2) is 29.2 Å². The molecule has 0 amide bonds. The van der Waals surface area contributed by atoms with Gasteiger partial charge in [0.15, 0.2) is 0 Å². The summed E-state index contributed by atoms with van der Waals surface area (Å²) >= 11 is 0. The molecule has 0 radical (unpaired) electrons. The average Bonchev–Trinajstić information content (AvgIpc) is 2.68. The topological polar surface area (TPSA) is 72.2 Å². The number of nitrogens with one attached hydrogen (secondary N) is 1. The monoisotopic (exact) mass is 296 g/mol. The van der Waals surface area contributed by atoms with E-state index in [4.69, 9.17) is 5.73 Å². The van der Waals surface area contributed by atoms with E-state index in [1.54, 1.807) is 24.3 Å². The predicted molar refractivity (Wildman–Crippen MR) is 80.8 cm³/mol. The molecule has 1 aliphatic rings. The van der Waals surface area contributed by atoms with Crippen molar-refractivity contribution in [1.82, 2.24) is 4.72 Å². The Kier molecular flexibility index (Phi) is 4.23. The van der Waals surface area contributed by atoms with Gasteiger partial charge in [0.25, 0.3) is 0 Å². The first-order valence-electron chi connectivity index (χ1n) is 7.10. The van der Waals surface area contributed by atoms with Gasteiger partial charge in [0.1, 0.15) is 0 Å². The molecule has 1 aromatic rings. The zero-order valence-corrected chi connectivity index (χ0v) is 13.2. The van der Waals surface area contributed by atoms with Crippen LogP contribution in [0, 0.1) is 5.41 Å². The third-order valence-corrected chi connectivity index (χ3v) is 5.76. The number of hydrogen-bond donors (Lipinski definition) is 2. The molecule has 0 spiro atoms. The van der Waals surface area contributed by atoms with Crippen molar-refractivity contribution in [3.63, 3.8) is 0 Å². The second-order valence-electron chi connectivity index (χ2n) is 6.41. The van der Waals surface area contributed by atoms with E-state index < -0.39 is 10.0 Å². The molecule has 2 unspecified atom stereocenters. The van der Waals surface area contributed by atoms with Gasteiger partial charge in [-0.2, -0.15) is 0 Å². The van der Waals surface area contributed by atoms with Gasteiger partial charge in [0, 0.05) is 12.1 Å². The van der Waals surface area contributed by atoms with Crippen LogP contribution in [-0.2, 0) is 10.0 Å². The molecule has 0 aliphatic heterocycles. The van der Waals surface area contributed by atoms with Crippen molar-refractivity contribution in [3.05, 3.63) is 29.8 Å². The van der Waals surface area contributed by atoms with E-state index in [9.17, 15) is 8.42 Å². The minimum absolute atomic E-state index is 0.0145. The lowest BCUT2D eigenvalue weighted by Gasteiger charge is -2.27. The van der Waals surface area contributed by atoms with Gasteiger partial charge in [-0.1, -0.05) is 32.4 Å². The second-order valence-corrected chi connectivity index (χ2v) is 8.13. The van der Waals surface area contributed by atoms with Gasteiger partial charge in [0.05, 0.1) is 4.90 Å². The van der Waals surface area contributed by atoms with Crippen LogP contribution in [-0.4, -0.2) is 14.5 Å². The lowest BCUT2D eigenvalue weighted by Crippen LogP contribution is -2.41. The molecule has 0 saturated heterocycles. The summed E-state index contributed by atoms with van der Waals surface area (Å²) in [7, 11) is -3.45. The minimum Gasteiger partial charge on any atom is -0.324 e. The molecule has 0 aromatic heterocycles. The third-order valence-electron chi connectivity index (χ3n) is 4.27. The normalized spacial score (nSPS) is 23.7. The minimum atomic E-state index is -3.45. The summed E-state index contributed by atoms with van der Waals surface area (Å²) < 4.78 is 27.7. The highest BCUT2D eigenvalue weighted by atomic mass is 32.2. The molecule has 5 heteroatoms. The van der Waals surface area contributed by atoms with Crippen molar-refractivity contribution in [2.75, 3.05) is 0 Å². The zero-order valence-electron chi connectivity index (χ0n) is 12.4. The number of hydrogen-bond acceptors (Lipinski definition) is 3. The van der Waals surface area contributed by atoms with Gasteiger partial charge in [-0.3, -0.25) is 0 Å². The highest BCUT2D eigenvalue weighted by Crippen LogP contribution is 2.37. The smallest absolute Gasteiger partial charge is 0.240 e. The lowest BCUT2D eigenvalue weighted by molar-refractivity contribution is 0.313. The van der Waals surface area contributed by atoms with E-state index in [0.29, 0.717) is 4.90 Å². The average molecular weight is 296 g/mol. The number of benzene rings is 1. The van der Waals surface area contributed by atoms with Crippen LogP contribution in [0.3, 0.4) is 0 Å². The highest BCUT2D eigenvalue weighted by molar-refractivity contribution is 7.89. The number of sulfonamides is 1. The maximum atomic E-state index is 12.4. The maximum absolute atomic E-state index is 12.4. The summed E-state index contributed by atoms with van der Waals surface area (Å²) in [5.41, 5.74) is 6.74. The fourth-order valence-electron chi connectivity index (χ4n) is 2.75. The van der Waals surface area contributed by atoms with E-state index in [1.165, 1.54) is 0 Å². The Bertz CT molecular complexity index is 562. The molecule has 1 saturated carbocycles. The van der Waals surface area contributed by atoms with Crippen LogP contribution in [0.1, 0.15) is 51.6 Å². The van der Waals surface area contributed by atoms with Crippen LogP contribution in [0.2, 0.25) is 0 Å². The first kappa shape index (κ1) is 15.5. The van der Waals surface area contributed by atoms with Gasteiger partial charge >= 0.3 is 0 Å². The molecule has 0 heterocycles. The van der Waals surface area contributed by atoms with Crippen LogP contribution in [0.4, 0.5) is 0 Å². The van der Waals surface area contributed by atoms with Crippen molar-refractivity contribution >= 4 is 10.0 Å². The van der Waals surface area contributed by atoms with Crippen LogP contribution in [0.5, 0.6) is 0 Å². The Hall–Kier alpha value is -0.910. The molecule has 2 rings (SSSR count). The molecular weight excluding hydrogens is 272 g/mol. The molecule has 1 fully saturated rings. The fourth-order valence-corrected chi connectivity index (χ4v) is 4.19. The van der Waals surface area contributed by atoms with Crippen molar-refractivity contribution in [1.29, 1.82) is 0 Å². The maximum Gasteiger partial charge on any atom is 0.240 e. The second kappa shape index (κ2) is 5.47. The van der Waals surface area contributed by atoms with Crippen molar-refractivity contribution in [2.24, 2.45) is 11.1 Å². The first-order valence-corrected chi connectivity index (χ1v) is 8.58. The third kappa shape index (κ3) is 3.22. The lowest BCUT2D eigenvalue weighted by atomic mass is 9.88. The van der Waals surface area contributed by atoms with Crippen molar-refractivity contribution in [3.8, 4) is 0 Å². The Labute approximate surface area is 121 Å². The van der Waals surface area contributed by atoms with E-state index in [2.05, 4.69) is 18.6 Å². The van der Waals surface area contributed by atoms with E-state index in [-0.39, 0.29) is 17.5 Å². The Balaban J connectivity index is 2.18. The molecule has 112 valence electrons. The largest absolute Gasteiger partial charge is 0.324 e. The van der Waals surface area contributed by atoms with E-state index in [1.807, 2.05) is 6.92 Å². The Morgan fingerprint density at radius 1 is 1.30 bits per heavy atom. The van der Waals surface area contributed by atoms with Crippen LogP contribution < -0.4 is 10.5 Å². The van der Waals surface area contributed by atoms with Crippen LogP contribution in [0.25, 0.3) is 0 Å². The molecule has 2 atom stereocenters. The van der Waals surface area contributed by atoms with Gasteiger partial charge in [-0.15, -0.1) is 0 Å². The van der Waals surface area contributed by atoms with Crippen LogP contribution >= 0.6 is 0 Å². The van der Waals surface area contributed by atoms with E-state index >= 15 is 0 Å². The first-order chi connectivity index (χ1) is 9.22. The van der Waals surface area contributed by atoms with Gasteiger partial charge in [0.2, 0.25) is 10.0 Å². The molecule has 1 aromatic carbocycles. The summed E-state index contributed by atoms with van der Waals surface area (Å²) in [6.45, 7) is 6.11. The summed E-state index contributed by atoms with van der Waals surface area (Å²) in [5, 5.41) is 0. The summed E-state index contributed by atoms with van der Waals surface area (Å²) in [6.07, 6.45) is 3.04. The number of nitrogens with two attached hydrogens (primary N) is 1. The standard InChI is InChI=1S/C15H24N2O2S/c1-11(16)12-6-8-13(9-7-12)20(18,19)17-14-5-4-10-15(14,2)3/h6-9,11,14,17H,4-5,10,16H2,1-3H3. The highest BCUT2D eigenvalue weighted by Gasteiger charge is 2.37. The Morgan fingerprint density at radius 2 is 1.90 bits per heavy atom. The van der Waals surface area contributed by atoms with Gasteiger partial charge < -0.3 is 5.73 Å². The molecule has 0 bridgehead atoms. The SMILES string of the molecule is CC(N)c1ccc(S(=O)(=O)NC2CCCC2(C)C)cc1. The van der Waals surface area contributed by atoms with E-state index in [0.717, 1.165) is 24.8 Å². The molecule has 20 heavy (non-hydrogen) atoms. The summed E-state index contributed by atoms with van der Waals surface area (Å²) in [4.78, 5) is 0.310. The molecular formula is C15H24N2O2S. The molecule has 3 N–H and O–H groups in total. The fraction of sp³-hybridized carbons (Fsp3) is 0.600. The predicted octanol–water partition coefficient (Wildman–Crippen LogP) is 2.56. The molecule has 1 aliphatic carbocycles. The van der Waals surface area contributed by atoms with Crippen molar-refractivity contribution in [2.45, 2.75) is 57.0 Å². The summed E-state index contributed by atoms with van der Waals surface area (Å²) in [5.74, 6) is 0. The number of rotatable bonds is 4. The zero-order chi connectivity index (χ0) is 15.0.